The van der Waals surface area contributed by atoms with Gasteiger partial charge in [0.05, 0.1) is 19.9 Å². The molecule has 0 atom stereocenters. The van der Waals surface area contributed by atoms with Crippen LogP contribution in [-0.4, -0.2) is 40.0 Å². The molecule has 0 aliphatic carbocycles. The molecule has 6 nitrogen and oxygen atoms in total. The number of hydrogen-bond acceptors (Lipinski definition) is 4. The summed E-state index contributed by atoms with van der Waals surface area (Å²) in [4.78, 5) is 0. The highest BCUT2D eigenvalue weighted by molar-refractivity contribution is 7.90. The van der Waals surface area contributed by atoms with Crippen molar-refractivity contribution in [1.82, 2.24) is 4.31 Å². The first-order valence-electron chi connectivity index (χ1n) is 6.57. The zero-order chi connectivity index (χ0) is 14.6. The van der Waals surface area contributed by atoms with Crippen LogP contribution in [0.4, 0.5) is 5.69 Å². The van der Waals surface area contributed by atoms with E-state index in [2.05, 4.69) is 4.72 Å². The van der Waals surface area contributed by atoms with Crippen LogP contribution in [0.25, 0.3) is 0 Å². The molecule has 0 saturated carbocycles. The van der Waals surface area contributed by atoms with Gasteiger partial charge in [0, 0.05) is 19.2 Å². The van der Waals surface area contributed by atoms with Gasteiger partial charge >= 0.3 is 10.2 Å². The molecule has 1 saturated heterocycles. The lowest BCUT2D eigenvalue weighted by Gasteiger charge is -2.26. The minimum atomic E-state index is -3.49. The van der Waals surface area contributed by atoms with Gasteiger partial charge in [0.15, 0.2) is 11.5 Å². The molecule has 1 heterocycles. The van der Waals surface area contributed by atoms with E-state index in [0.29, 0.717) is 30.3 Å². The number of anilines is 1. The predicted octanol–water partition coefficient (Wildman–Crippen LogP) is 1.85. The van der Waals surface area contributed by atoms with Crippen molar-refractivity contribution in [3.63, 3.8) is 0 Å². The van der Waals surface area contributed by atoms with Gasteiger partial charge in [0.25, 0.3) is 0 Å². The molecule has 0 radical (unpaired) electrons. The molecule has 1 aromatic rings. The molecule has 0 unspecified atom stereocenters. The van der Waals surface area contributed by atoms with Crippen LogP contribution >= 0.6 is 0 Å². The maximum absolute atomic E-state index is 12.3. The van der Waals surface area contributed by atoms with Crippen LogP contribution < -0.4 is 14.2 Å². The fraction of sp³-hybridized carbons (Fsp3) is 0.538. The second kappa shape index (κ2) is 6.32. The Morgan fingerprint density at radius 2 is 1.70 bits per heavy atom. The quantitative estimate of drug-likeness (QED) is 0.901. The van der Waals surface area contributed by atoms with Crippen molar-refractivity contribution >= 4 is 15.9 Å². The summed E-state index contributed by atoms with van der Waals surface area (Å²) in [6.07, 6.45) is 2.90. The van der Waals surface area contributed by atoms with Crippen LogP contribution in [0.1, 0.15) is 19.3 Å². The lowest BCUT2D eigenvalue weighted by molar-refractivity contribution is 0.348. The van der Waals surface area contributed by atoms with Crippen LogP contribution in [0.5, 0.6) is 11.5 Å². The van der Waals surface area contributed by atoms with Crippen LogP contribution in [0.2, 0.25) is 0 Å². The largest absolute Gasteiger partial charge is 0.493 e. The molecule has 0 amide bonds. The lowest BCUT2D eigenvalue weighted by Crippen LogP contribution is -2.39. The molecule has 0 bridgehead atoms. The van der Waals surface area contributed by atoms with Crippen LogP contribution in [-0.2, 0) is 10.2 Å². The van der Waals surface area contributed by atoms with E-state index in [9.17, 15) is 8.42 Å². The third-order valence-electron chi connectivity index (χ3n) is 3.29. The summed E-state index contributed by atoms with van der Waals surface area (Å²) in [6.45, 7) is 1.14. The Kier molecular flexibility index (Phi) is 4.72. The minimum absolute atomic E-state index is 0.466. The van der Waals surface area contributed by atoms with E-state index < -0.39 is 10.2 Å². The first-order valence-corrected chi connectivity index (χ1v) is 8.01. The zero-order valence-corrected chi connectivity index (χ0v) is 12.6. The maximum Gasteiger partial charge on any atom is 0.301 e. The van der Waals surface area contributed by atoms with Crippen molar-refractivity contribution in [2.75, 3.05) is 32.0 Å². The molecule has 1 aromatic carbocycles. The summed E-state index contributed by atoms with van der Waals surface area (Å²) < 4.78 is 38.8. The van der Waals surface area contributed by atoms with E-state index in [4.69, 9.17) is 9.47 Å². The topological polar surface area (TPSA) is 67.9 Å². The van der Waals surface area contributed by atoms with Crippen molar-refractivity contribution in [2.45, 2.75) is 19.3 Å². The second-order valence-corrected chi connectivity index (χ2v) is 6.31. The van der Waals surface area contributed by atoms with Crippen molar-refractivity contribution in [3.05, 3.63) is 18.2 Å². The number of rotatable bonds is 5. The molecule has 0 spiro atoms. The minimum Gasteiger partial charge on any atom is -0.493 e. The number of hydrogen-bond donors (Lipinski definition) is 1. The monoisotopic (exact) mass is 300 g/mol. The molecule has 1 N–H and O–H groups in total. The molecular weight excluding hydrogens is 280 g/mol. The molecular formula is C13H20N2O4S. The first-order chi connectivity index (χ1) is 9.56. The molecule has 1 fully saturated rings. The molecule has 1 aliphatic rings. The summed E-state index contributed by atoms with van der Waals surface area (Å²) in [5, 5.41) is 0. The van der Waals surface area contributed by atoms with Gasteiger partial charge in [0.1, 0.15) is 0 Å². The van der Waals surface area contributed by atoms with Gasteiger partial charge in [0.2, 0.25) is 0 Å². The average Bonchev–Trinajstić information content (AvgIpc) is 2.47. The highest BCUT2D eigenvalue weighted by Crippen LogP contribution is 2.30. The highest BCUT2D eigenvalue weighted by Gasteiger charge is 2.24. The normalized spacial score (nSPS) is 16.7. The average molecular weight is 300 g/mol. The number of ether oxygens (including phenoxy) is 2. The fourth-order valence-electron chi connectivity index (χ4n) is 2.22. The van der Waals surface area contributed by atoms with Gasteiger partial charge in [-0.3, -0.25) is 4.72 Å². The Labute approximate surface area is 119 Å². The van der Waals surface area contributed by atoms with E-state index in [1.165, 1.54) is 18.5 Å². The third kappa shape index (κ3) is 3.34. The Balaban J connectivity index is 2.16. The van der Waals surface area contributed by atoms with Crippen molar-refractivity contribution in [3.8, 4) is 11.5 Å². The van der Waals surface area contributed by atoms with Crippen LogP contribution in [0.15, 0.2) is 18.2 Å². The Bertz CT molecular complexity index is 553. The molecule has 112 valence electrons. The zero-order valence-electron chi connectivity index (χ0n) is 11.8. The Morgan fingerprint density at radius 1 is 1.05 bits per heavy atom. The lowest BCUT2D eigenvalue weighted by atomic mass is 10.2. The highest BCUT2D eigenvalue weighted by atomic mass is 32.2. The van der Waals surface area contributed by atoms with E-state index >= 15 is 0 Å². The standard InChI is InChI=1S/C13H20N2O4S/c1-18-12-7-6-11(10-13(12)19-2)14-20(16,17)15-8-4-3-5-9-15/h6-7,10,14H,3-5,8-9H2,1-2H3. The molecule has 0 aromatic heterocycles. The van der Waals surface area contributed by atoms with Gasteiger partial charge in [-0.15, -0.1) is 0 Å². The molecule has 7 heteroatoms. The van der Waals surface area contributed by atoms with E-state index in [-0.39, 0.29) is 0 Å². The van der Waals surface area contributed by atoms with Crippen molar-refractivity contribution in [2.24, 2.45) is 0 Å². The van der Waals surface area contributed by atoms with Crippen LogP contribution in [0.3, 0.4) is 0 Å². The van der Waals surface area contributed by atoms with Gasteiger partial charge < -0.3 is 9.47 Å². The molecule has 20 heavy (non-hydrogen) atoms. The van der Waals surface area contributed by atoms with Crippen molar-refractivity contribution < 1.29 is 17.9 Å². The van der Waals surface area contributed by atoms with E-state index in [1.54, 1.807) is 18.2 Å². The second-order valence-electron chi connectivity index (χ2n) is 4.64. The van der Waals surface area contributed by atoms with Crippen molar-refractivity contribution in [1.29, 1.82) is 0 Å². The summed E-state index contributed by atoms with van der Waals surface area (Å²) >= 11 is 0. The first kappa shape index (κ1) is 14.9. The fourth-order valence-corrected chi connectivity index (χ4v) is 3.51. The third-order valence-corrected chi connectivity index (χ3v) is 4.82. The summed E-state index contributed by atoms with van der Waals surface area (Å²) in [7, 11) is -0.442. The van der Waals surface area contributed by atoms with Gasteiger partial charge in [-0.25, -0.2) is 0 Å². The summed E-state index contributed by atoms with van der Waals surface area (Å²) in [5.41, 5.74) is 0.466. The number of nitrogens with zero attached hydrogens (tertiary/aromatic N) is 1. The number of methoxy groups -OCH3 is 2. The predicted molar refractivity (Wildman–Crippen MR) is 77.5 cm³/mol. The SMILES string of the molecule is COc1ccc(NS(=O)(=O)N2CCCCC2)cc1OC. The number of benzene rings is 1. The molecule has 1 aliphatic heterocycles. The van der Waals surface area contributed by atoms with E-state index in [1.807, 2.05) is 0 Å². The Morgan fingerprint density at radius 3 is 2.30 bits per heavy atom. The Hall–Kier alpha value is -1.47. The van der Waals surface area contributed by atoms with Crippen LogP contribution in [0, 0.1) is 0 Å². The summed E-state index contributed by atoms with van der Waals surface area (Å²) in [5.74, 6) is 1.06. The maximum atomic E-state index is 12.3. The van der Waals surface area contributed by atoms with Gasteiger partial charge in [-0.05, 0) is 25.0 Å². The van der Waals surface area contributed by atoms with E-state index in [0.717, 1.165) is 19.3 Å². The number of piperidine rings is 1. The van der Waals surface area contributed by atoms with Gasteiger partial charge in [-0.2, -0.15) is 12.7 Å². The summed E-state index contributed by atoms with van der Waals surface area (Å²) in [6, 6.07) is 4.94. The smallest absolute Gasteiger partial charge is 0.301 e. The molecule has 2 rings (SSSR count). The number of nitrogens with one attached hydrogen (secondary N) is 1. The van der Waals surface area contributed by atoms with Gasteiger partial charge in [-0.1, -0.05) is 6.42 Å².